The Morgan fingerprint density at radius 3 is 1.62 bits per heavy atom. The summed E-state index contributed by atoms with van der Waals surface area (Å²) >= 11 is 0. The molecule has 0 atom stereocenters. The fourth-order valence-electron chi connectivity index (χ4n) is 6.71. The highest BCUT2D eigenvalue weighted by molar-refractivity contribution is 6.23. The van der Waals surface area contributed by atoms with Gasteiger partial charge in [-0.3, -0.25) is 0 Å². The molecule has 0 aliphatic carbocycles. The lowest BCUT2D eigenvalue weighted by Gasteiger charge is -2.18. The maximum Gasteiger partial charge on any atom is 0.136 e. The topological polar surface area (TPSA) is 26.3 Å². The van der Waals surface area contributed by atoms with E-state index in [1.54, 1.807) is 6.26 Å². The Morgan fingerprint density at radius 2 is 0.905 bits per heavy atom. The standard InChI is InChI=1S/C40H24O2/c1-2-9-25(10-3-1)26-11-8-12-27(23-26)38-29-13-4-6-15-31(29)39(32-16-7-5-14-30(32)38)28-17-18-33-37(24-28)42-36-20-19-35-34(40(33)36)21-22-41-35/h1-24H. The summed E-state index contributed by atoms with van der Waals surface area (Å²) in [6.07, 6.45) is 1.74. The average Bonchev–Trinajstić information content (AvgIpc) is 3.68. The van der Waals surface area contributed by atoms with Gasteiger partial charge in [-0.1, -0.05) is 103 Å². The molecule has 2 heterocycles. The van der Waals surface area contributed by atoms with Crippen LogP contribution in [0, 0.1) is 0 Å². The van der Waals surface area contributed by atoms with E-state index >= 15 is 0 Å². The second kappa shape index (κ2) is 8.95. The molecule has 0 fully saturated rings. The predicted molar refractivity (Wildman–Crippen MR) is 175 cm³/mol. The Hall–Kier alpha value is -5.60. The Bertz CT molecular complexity index is 2400. The van der Waals surface area contributed by atoms with Crippen molar-refractivity contribution in [3.8, 4) is 33.4 Å². The third-order valence-corrected chi connectivity index (χ3v) is 8.55. The molecule has 2 nitrogen and oxygen atoms in total. The van der Waals surface area contributed by atoms with E-state index < -0.39 is 0 Å². The van der Waals surface area contributed by atoms with Gasteiger partial charge in [0.2, 0.25) is 0 Å². The predicted octanol–water partition coefficient (Wildman–Crippen LogP) is 11.6. The highest BCUT2D eigenvalue weighted by Crippen LogP contribution is 2.45. The lowest BCUT2D eigenvalue weighted by molar-refractivity contribution is 0.615. The Balaban J connectivity index is 1.32. The molecule has 9 rings (SSSR count). The van der Waals surface area contributed by atoms with Gasteiger partial charge in [-0.05, 0) is 91.3 Å². The summed E-state index contributed by atoms with van der Waals surface area (Å²) in [5.41, 5.74) is 9.90. The minimum Gasteiger partial charge on any atom is -0.464 e. The molecule has 0 saturated carbocycles. The molecule has 0 aliphatic rings. The minimum atomic E-state index is 0.873. The summed E-state index contributed by atoms with van der Waals surface area (Å²) in [4.78, 5) is 0. The van der Waals surface area contributed by atoms with Crippen LogP contribution in [0.15, 0.2) is 155 Å². The van der Waals surface area contributed by atoms with E-state index in [1.165, 1.54) is 49.4 Å². The van der Waals surface area contributed by atoms with Crippen molar-refractivity contribution >= 4 is 54.5 Å². The average molecular weight is 537 g/mol. The molecule has 0 unspecified atom stereocenters. The van der Waals surface area contributed by atoms with Crippen LogP contribution in [-0.4, -0.2) is 0 Å². The van der Waals surface area contributed by atoms with Crippen LogP contribution in [-0.2, 0) is 0 Å². The van der Waals surface area contributed by atoms with E-state index in [9.17, 15) is 0 Å². The zero-order valence-electron chi connectivity index (χ0n) is 22.7. The zero-order chi connectivity index (χ0) is 27.6. The van der Waals surface area contributed by atoms with Crippen molar-refractivity contribution in [2.24, 2.45) is 0 Å². The molecule has 9 aromatic rings. The molecule has 0 saturated heterocycles. The van der Waals surface area contributed by atoms with Crippen LogP contribution in [0.5, 0.6) is 0 Å². The summed E-state index contributed by atoms with van der Waals surface area (Å²) in [5, 5.41) is 8.21. The van der Waals surface area contributed by atoms with Crippen molar-refractivity contribution in [2.45, 2.75) is 0 Å². The van der Waals surface area contributed by atoms with Gasteiger partial charge in [0.1, 0.15) is 16.7 Å². The van der Waals surface area contributed by atoms with Crippen molar-refractivity contribution < 1.29 is 8.83 Å². The number of rotatable bonds is 3. The normalized spacial score (nSPS) is 11.8. The largest absolute Gasteiger partial charge is 0.464 e. The molecule has 2 aromatic heterocycles. The Labute approximate surface area is 242 Å². The van der Waals surface area contributed by atoms with Crippen LogP contribution in [0.4, 0.5) is 0 Å². The summed E-state index contributed by atoms with van der Waals surface area (Å²) in [5.74, 6) is 0. The van der Waals surface area contributed by atoms with Crippen molar-refractivity contribution in [3.05, 3.63) is 146 Å². The van der Waals surface area contributed by atoms with Crippen molar-refractivity contribution in [2.75, 3.05) is 0 Å². The summed E-state index contributed by atoms with van der Waals surface area (Å²) in [7, 11) is 0. The molecule has 0 radical (unpaired) electrons. The number of fused-ring (bicyclic) bond motifs is 7. The van der Waals surface area contributed by atoms with Gasteiger partial charge in [0, 0.05) is 16.2 Å². The van der Waals surface area contributed by atoms with Crippen LogP contribution in [0.25, 0.3) is 87.8 Å². The molecule has 0 amide bonds. The monoisotopic (exact) mass is 536 g/mol. The maximum atomic E-state index is 6.42. The number of hydrogen-bond donors (Lipinski definition) is 0. The number of furan rings is 2. The van der Waals surface area contributed by atoms with E-state index in [4.69, 9.17) is 8.83 Å². The molecule has 7 aromatic carbocycles. The van der Waals surface area contributed by atoms with Gasteiger partial charge in [-0.25, -0.2) is 0 Å². The lowest BCUT2D eigenvalue weighted by atomic mass is 9.85. The number of benzene rings is 7. The first kappa shape index (κ1) is 23.1. The molecular weight excluding hydrogens is 512 g/mol. The molecule has 0 N–H and O–H groups in total. The van der Waals surface area contributed by atoms with Gasteiger partial charge in [0.25, 0.3) is 0 Å². The van der Waals surface area contributed by atoms with Crippen LogP contribution in [0.1, 0.15) is 0 Å². The van der Waals surface area contributed by atoms with Gasteiger partial charge in [0.15, 0.2) is 0 Å². The van der Waals surface area contributed by atoms with E-state index in [0.29, 0.717) is 0 Å². The molecule has 0 bridgehead atoms. The summed E-state index contributed by atoms with van der Waals surface area (Å²) in [6, 6.07) is 49.7. The lowest BCUT2D eigenvalue weighted by Crippen LogP contribution is -1.91. The van der Waals surface area contributed by atoms with Gasteiger partial charge in [0.05, 0.1) is 6.26 Å². The molecule has 196 valence electrons. The molecular formula is C40H24O2. The third-order valence-electron chi connectivity index (χ3n) is 8.55. The van der Waals surface area contributed by atoms with Gasteiger partial charge in [-0.2, -0.15) is 0 Å². The van der Waals surface area contributed by atoms with E-state index in [0.717, 1.165) is 38.5 Å². The fraction of sp³-hybridized carbons (Fsp3) is 0. The van der Waals surface area contributed by atoms with E-state index in [2.05, 4.69) is 121 Å². The summed E-state index contributed by atoms with van der Waals surface area (Å²) in [6.45, 7) is 0. The second-order valence-corrected chi connectivity index (χ2v) is 10.9. The first-order valence-electron chi connectivity index (χ1n) is 14.3. The van der Waals surface area contributed by atoms with Gasteiger partial charge in [-0.15, -0.1) is 0 Å². The maximum absolute atomic E-state index is 6.42. The van der Waals surface area contributed by atoms with Crippen LogP contribution < -0.4 is 0 Å². The Kier molecular flexibility index (Phi) is 4.93. The summed E-state index contributed by atoms with van der Waals surface area (Å²) < 4.78 is 12.1. The fourth-order valence-corrected chi connectivity index (χ4v) is 6.71. The minimum absolute atomic E-state index is 0.873. The van der Waals surface area contributed by atoms with Crippen LogP contribution in [0.2, 0.25) is 0 Å². The van der Waals surface area contributed by atoms with Crippen molar-refractivity contribution in [1.29, 1.82) is 0 Å². The Morgan fingerprint density at radius 1 is 0.333 bits per heavy atom. The van der Waals surface area contributed by atoms with Crippen molar-refractivity contribution in [3.63, 3.8) is 0 Å². The SMILES string of the molecule is c1ccc(-c2cccc(-c3c4ccccc4c(-c4ccc5c(c4)oc4ccc6occc6c45)c4ccccc34)c2)cc1. The highest BCUT2D eigenvalue weighted by atomic mass is 16.3. The van der Waals surface area contributed by atoms with Crippen LogP contribution in [0.3, 0.4) is 0 Å². The quantitative estimate of drug-likeness (QED) is 0.210. The van der Waals surface area contributed by atoms with Gasteiger partial charge >= 0.3 is 0 Å². The van der Waals surface area contributed by atoms with E-state index in [1.807, 2.05) is 18.2 Å². The second-order valence-electron chi connectivity index (χ2n) is 10.9. The highest BCUT2D eigenvalue weighted by Gasteiger charge is 2.19. The first-order valence-corrected chi connectivity index (χ1v) is 14.3. The molecule has 42 heavy (non-hydrogen) atoms. The molecule has 0 aliphatic heterocycles. The first-order chi connectivity index (χ1) is 20.8. The van der Waals surface area contributed by atoms with Gasteiger partial charge < -0.3 is 8.83 Å². The van der Waals surface area contributed by atoms with Crippen molar-refractivity contribution in [1.82, 2.24) is 0 Å². The van der Waals surface area contributed by atoms with E-state index in [-0.39, 0.29) is 0 Å². The molecule has 2 heteroatoms. The third kappa shape index (κ3) is 3.39. The zero-order valence-corrected chi connectivity index (χ0v) is 22.7. The smallest absolute Gasteiger partial charge is 0.136 e. The van der Waals surface area contributed by atoms with Crippen LogP contribution >= 0.6 is 0 Å². The molecule has 0 spiro atoms. The number of hydrogen-bond acceptors (Lipinski definition) is 2.